The first-order valence-corrected chi connectivity index (χ1v) is 31.6. The number of thiophene rings is 1. The van der Waals surface area contributed by atoms with E-state index in [2.05, 4.69) is 41.6 Å². The summed E-state index contributed by atoms with van der Waals surface area (Å²) in [5.74, 6) is -8.34. The number of nitrogens with zero attached hydrogens (tertiary/aromatic N) is 7. The molecule has 3 saturated heterocycles. The van der Waals surface area contributed by atoms with E-state index in [1.165, 1.54) is 26.0 Å². The Morgan fingerprint density at radius 3 is 1.90 bits per heavy atom. The molecule has 12 unspecified atom stereocenters. The second-order valence-electron chi connectivity index (χ2n) is 23.6. The number of carbonyl (C=O) groups is 10. The molecule has 5 heterocycles. The van der Waals surface area contributed by atoms with Crippen LogP contribution in [0.15, 0.2) is 56.8 Å². The topological polar surface area (TPSA) is 524 Å². The fourth-order valence-corrected chi connectivity index (χ4v) is 13.5. The number of amides is 9. The monoisotopic (exact) mass is 1290 g/mol. The third kappa shape index (κ3) is 18.7. The summed E-state index contributed by atoms with van der Waals surface area (Å²) in [6, 6.07) is -1.06. The molecule has 32 nitrogen and oxygen atoms in total. The quantitative estimate of drug-likeness (QED) is 0.0197. The number of nitrogens with one attached hydrogen (secondary N) is 5. The Morgan fingerprint density at radius 2 is 1.26 bits per heavy atom. The maximum Gasteiger partial charge on any atom is 0.326 e. The number of aliphatic imine (C=N–C) groups is 3. The Labute approximate surface area is 529 Å². The maximum absolute atomic E-state index is 15.2. The molecule has 1 aromatic carbocycles. The predicted molar refractivity (Wildman–Crippen MR) is 333 cm³/mol. The van der Waals surface area contributed by atoms with Crippen molar-refractivity contribution in [2.24, 2.45) is 61.0 Å². The van der Waals surface area contributed by atoms with Crippen molar-refractivity contribution in [1.29, 1.82) is 0 Å². The summed E-state index contributed by atoms with van der Waals surface area (Å²) >= 11 is 1.27. The van der Waals surface area contributed by atoms with Gasteiger partial charge in [-0.3, -0.25) is 58.1 Å². The molecule has 4 aliphatic heterocycles. The van der Waals surface area contributed by atoms with Gasteiger partial charge in [0, 0.05) is 69.4 Å². The average Bonchev–Trinajstić information content (AvgIpc) is 1.70. The van der Waals surface area contributed by atoms with E-state index >= 15 is 4.79 Å². The molecule has 9 amide bonds. The molecule has 1 saturated carbocycles. The van der Waals surface area contributed by atoms with Gasteiger partial charge in [0.05, 0.1) is 25.3 Å². The van der Waals surface area contributed by atoms with Crippen molar-refractivity contribution in [2.45, 2.75) is 169 Å². The van der Waals surface area contributed by atoms with Crippen LogP contribution in [0.2, 0.25) is 0 Å². The summed E-state index contributed by atoms with van der Waals surface area (Å²) in [7, 11) is 0. The molecule has 0 spiro atoms. The number of hydrogen-bond acceptors (Lipinski definition) is 17. The van der Waals surface area contributed by atoms with Crippen molar-refractivity contribution >= 4 is 88.3 Å². The lowest BCUT2D eigenvalue weighted by molar-refractivity contribution is -0.153. The van der Waals surface area contributed by atoms with Crippen LogP contribution in [0, 0.1) is 5.92 Å². The third-order valence-corrected chi connectivity index (χ3v) is 18.1. The summed E-state index contributed by atoms with van der Waals surface area (Å²) in [6.45, 7) is -1.46. The third-order valence-electron chi connectivity index (χ3n) is 17.2. The Morgan fingerprint density at radius 1 is 0.626 bits per heavy atom. The number of aliphatic carboxylic acids is 1. The molecule has 91 heavy (non-hydrogen) atoms. The van der Waals surface area contributed by atoms with E-state index in [1.54, 1.807) is 35.7 Å². The molecule has 5 aliphatic rings. The van der Waals surface area contributed by atoms with Crippen LogP contribution in [0.1, 0.15) is 99.5 Å². The van der Waals surface area contributed by atoms with E-state index < -0.39 is 133 Å². The van der Waals surface area contributed by atoms with Crippen LogP contribution in [-0.2, 0) is 67.3 Å². The molecule has 1 aromatic heterocycles. The number of carbonyl (C=O) groups excluding carboxylic acids is 9. The zero-order chi connectivity index (χ0) is 66.1. The number of aliphatic hydroxyl groups excluding tert-OH is 2. The number of benzene rings is 1. The molecule has 498 valence electrons. The minimum Gasteiger partial charge on any atom is -0.480 e. The van der Waals surface area contributed by atoms with Crippen LogP contribution in [-0.4, -0.2) is 224 Å². The van der Waals surface area contributed by atoms with Crippen molar-refractivity contribution in [3.8, 4) is 0 Å². The normalized spacial score (nSPS) is 22.4. The molecular weight excluding hydrogens is 1200 g/mol. The predicted octanol–water partition coefficient (Wildman–Crippen LogP) is -5.41. The van der Waals surface area contributed by atoms with E-state index in [9.17, 15) is 58.5 Å². The lowest BCUT2D eigenvalue weighted by Crippen LogP contribution is -2.62. The van der Waals surface area contributed by atoms with Crippen LogP contribution in [0.3, 0.4) is 0 Å². The number of aliphatic hydroxyl groups is 2. The first-order valence-electron chi connectivity index (χ1n) is 30.7. The number of nitrogens with two attached hydrogens (primary N) is 7. The van der Waals surface area contributed by atoms with Gasteiger partial charge in [0.2, 0.25) is 53.2 Å². The van der Waals surface area contributed by atoms with Gasteiger partial charge in [-0.2, -0.15) is 0 Å². The highest BCUT2D eigenvalue weighted by atomic mass is 32.1. The largest absolute Gasteiger partial charge is 0.480 e. The van der Waals surface area contributed by atoms with Gasteiger partial charge in [0.25, 0.3) is 0 Å². The number of fused-ring (bicyclic) bond motifs is 2. The van der Waals surface area contributed by atoms with Gasteiger partial charge in [-0.15, -0.1) is 11.3 Å². The standard InChI is InChI=1S/C58H87N19O13S/c59-36(13-4-18-66-56(60)61)47(81)71-37(14-5-19-67-57(62)63)51(85)74-21-7-17-42(74)53(87)76-29-34(79)25-43(76)49(83)69-27-46(80)70-39(26-35-12-8-22-91-35)48(82)73-40(30-78)52(86)75-28-33-10-2-1-9-31(33)23-45(75)54(88)77-41-16-3-11-32(41)24-44(77)50(84)72-38(55(89)90)15-6-20-68-58(64)65/h1-2,8-10,12,22,32,34,36-45,78-79H,3-7,11,13-21,23-30,59H2,(H,69,83)(H,70,80)(H,71,81)(H,72,84)(H,73,82)(H,89,90)(H4,60,61,66)(H4,62,63,67)(H4,64,65,68). The molecule has 0 radical (unpaired) electrons. The maximum atomic E-state index is 15.2. The zero-order valence-corrected chi connectivity index (χ0v) is 51.6. The van der Waals surface area contributed by atoms with Gasteiger partial charge in [-0.05, 0) is 99.1 Å². The Balaban J connectivity index is 1.01. The average molecular weight is 1290 g/mol. The van der Waals surface area contributed by atoms with E-state index in [0.29, 0.717) is 29.7 Å². The molecule has 0 bridgehead atoms. The van der Waals surface area contributed by atoms with Gasteiger partial charge in [0.1, 0.15) is 48.3 Å². The zero-order valence-electron chi connectivity index (χ0n) is 50.7. The van der Waals surface area contributed by atoms with Crippen LogP contribution in [0.4, 0.5) is 0 Å². The fraction of sp³-hybridized carbons (Fsp3) is 0.603. The van der Waals surface area contributed by atoms with Gasteiger partial charge in [0.15, 0.2) is 17.9 Å². The molecule has 12 atom stereocenters. The van der Waals surface area contributed by atoms with Crippen molar-refractivity contribution in [3.05, 3.63) is 57.8 Å². The summed E-state index contributed by atoms with van der Waals surface area (Å²) in [4.78, 5) is 159. The summed E-state index contributed by atoms with van der Waals surface area (Å²) < 4.78 is 0. The van der Waals surface area contributed by atoms with Crippen molar-refractivity contribution in [2.75, 3.05) is 45.9 Å². The molecule has 2 aromatic rings. The number of carboxylic acid groups (broad SMARTS) is 1. The molecular formula is C58H87N19O13S. The number of likely N-dealkylation sites (tertiary alicyclic amines) is 3. The van der Waals surface area contributed by atoms with Gasteiger partial charge in [-0.1, -0.05) is 36.8 Å². The van der Waals surface area contributed by atoms with Crippen molar-refractivity contribution < 1.29 is 63.3 Å². The highest BCUT2D eigenvalue weighted by molar-refractivity contribution is 7.09. The number of β-amino-alcohol motifs (C(OH)–C–C–N with tert-alkyl or cyclic N) is 1. The fourth-order valence-electron chi connectivity index (χ4n) is 12.7. The summed E-state index contributed by atoms with van der Waals surface area (Å²) in [6.07, 6.45) is 2.56. The Bertz CT molecular complexity index is 3030. The highest BCUT2D eigenvalue weighted by Crippen LogP contribution is 2.43. The minimum absolute atomic E-state index is 0.00000960. The Kier molecular flexibility index (Phi) is 25.2. The minimum atomic E-state index is -1.66. The molecule has 4 fully saturated rings. The van der Waals surface area contributed by atoms with Gasteiger partial charge >= 0.3 is 5.97 Å². The first-order chi connectivity index (χ1) is 43.4. The second kappa shape index (κ2) is 32.9. The van der Waals surface area contributed by atoms with E-state index in [4.69, 9.17) is 40.1 Å². The highest BCUT2D eigenvalue weighted by Gasteiger charge is 2.53. The van der Waals surface area contributed by atoms with Crippen molar-refractivity contribution in [3.63, 3.8) is 0 Å². The second-order valence-corrected chi connectivity index (χ2v) is 24.6. The SMILES string of the molecule is NC(N)=NCCCC(N)C(=O)NC(CCCN=C(N)N)C(=O)N1CCCC1C(=O)N1CC(O)CC1C(=O)NCC(=O)NC(Cc1cccs1)C(=O)NC(CO)C(=O)N1Cc2ccccc2CC1C(=O)N1C(C(=O)NC(CCCN=C(N)N)C(=O)O)CC2CCCC21. The summed E-state index contributed by atoms with van der Waals surface area (Å²) in [5, 5.41) is 46.6. The van der Waals surface area contributed by atoms with E-state index in [-0.39, 0.29) is 133 Å². The number of rotatable bonds is 30. The molecule has 33 heteroatoms. The Hall–Kier alpha value is -8.69. The number of guanidine groups is 3. The molecule has 22 N–H and O–H groups in total. The summed E-state index contributed by atoms with van der Waals surface area (Å²) in [5.41, 5.74) is 40.3. The molecule has 1 aliphatic carbocycles. The lowest BCUT2D eigenvalue weighted by atomic mass is 9.92. The van der Waals surface area contributed by atoms with Crippen LogP contribution in [0.25, 0.3) is 0 Å². The van der Waals surface area contributed by atoms with E-state index in [1.807, 2.05) is 6.07 Å². The van der Waals surface area contributed by atoms with E-state index in [0.717, 1.165) is 23.3 Å². The van der Waals surface area contributed by atoms with Crippen LogP contribution < -0.4 is 66.7 Å². The number of carboxylic acids is 1. The number of hydrogen-bond donors (Lipinski definition) is 15. The first kappa shape index (κ1) is 69.8. The van der Waals surface area contributed by atoms with Crippen molar-refractivity contribution in [1.82, 2.24) is 46.2 Å². The van der Waals surface area contributed by atoms with Gasteiger partial charge in [-0.25, -0.2) is 4.79 Å². The lowest BCUT2D eigenvalue weighted by Gasteiger charge is -2.41. The smallest absolute Gasteiger partial charge is 0.326 e. The van der Waals surface area contributed by atoms with Crippen LogP contribution in [0.5, 0.6) is 0 Å². The molecule has 7 rings (SSSR count). The van der Waals surface area contributed by atoms with Gasteiger partial charge < -0.3 is 102 Å². The van der Waals surface area contributed by atoms with Crippen LogP contribution >= 0.6 is 11.3 Å².